The molecule has 2 rings (SSSR count). The quantitative estimate of drug-likeness (QED) is 0.730. The summed E-state index contributed by atoms with van der Waals surface area (Å²) in [4.78, 5) is 25.6. The highest BCUT2D eigenvalue weighted by atomic mass is 16.2. The lowest BCUT2D eigenvalue weighted by molar-refractivity contribution is -0.118. The van der Waals surface area contributed by atoms with Crippen molar-refractivity contribution in [3.05, 3.63) is 24.0 Å². The molecule has 1 saturated carbocycles. The van der Waals surface area contributed by atoms with Crippen LogP contribution in [0.5, 0.6) is 0 Å². The predicted octanol–water partition coefficient (Wildman–Crippen LogP) is 0.866. The summed E-state index contributed by atoms with van der Waals surface area (Å²) in [6.45, 7) is 0. The second kappa shape index (κ2) is 3.65. The molecule has 1 aromatic rings. The third kappa shape index (κ3) is 1.69. The summed E-state index contributed by atoms with van der Waals surface area (Å²) in [5.74, 6) is -0.0554. The first kappa shape index (κ1) is 8.99. The number of hydrogen-bond donors (Lipinski definition) is 2. The zero-order valence-electron chi connectivity index (χ0n) is 7.75. The van der Waals surface area contributed by atoms with E-state index in [1.807, 2.05) is 0 Å². The number of carbonyl (C=O) groups excluding carboxylic acids is 2. The van der Waals surface area contributed by atoms with E-state index >= 15 is 0 Å². The lowest BCUT2D eigenvalue weighted by atomic mass is 10.2. The zero-order chi connectivity index (χ0) is 9.97. The smallest absolute Gasteiger partial charge is 0.268 e. The Labute approximate surface area is 81.7 Å². The van der Waals surface area contributed by atoms with Gasteiger partial charge in [0.25, 0.3) is 5.91 Å². The molecule has 1 fully saturated rings. The van der Waals surface area contributed by atoms with E-state index in [4.69, 9.17) is 0 Å². The van der Waals surface area contributed by atoms with Crippen LogP contribution in [0.1, 0.15) is 29.8 Å². The third-order valence-corrected chi connectivity index (χ3v) is 2.45. The first-order chi connectivity index (χ1) is 6.77. The van der Waals surface area contributed by atoms with E-state index in [9.17, 15) is 9.59 Å². The molecule has 1 aliphatic carbocycles. The van der Waals surface area contributed by atoms with Gasteiger partial charge >= 0.3 is 0 Å². The predicted molar refractivity (Wildman–Crippen MR) is 50.9 cm³/mol. The number of carbonyl (C=O) groups is 2. The fourth-order valence-corrected chi connectivity index (χ4v) is 1.68. The molecule has 0 aliphatic heterocycles. The van der Waals surface area contributed by atoms with E-state index in [0.29, 0.717) is 12.1 Å². The summed E-state index contributed by atoms with van der Waals surface area (Å²) in [7, 11) is 0. The molecule has 14 heavy (non-hydrogen) atoms. The van der Waals surface area contributed by atoms with Crippen LogP contribution in [0.3, 0.4) is 0 Å². The minimum atomic E-state index is -0.272. The average molecular weight is 192 g/mol. The molecule has 74 valence electrons. The van der Waals surface area contributed by atoms with E-state index in [1.54, 1.807) is 18.3 Å². The van der Waals surface area contributed by atoms with Gasteiger partial charge in [-0.15, -0.1) is 0 Å². The minimum Gasteiger partial charge on any atom is -0.357 e. The monoisotopic (exact) mass is 192 g/mol. The Morgan fingerprint density at radius 1 is 1.57 bits per heavy atom. The molecule has 0 aromatic carbocycles. The van der Waals surface area contributed by atoms with Crippen LogP contribution in [0.25, 0.3) is 0 Å². The number of aromatic amines is 1. The lowest BCUT2D eigenvalue weighted by Gasteiger charge is -2.09. The van der Waals surface area contributed by atoms with E-state index in [-0.39, 0.29) is 17.7 Å². The molecule has 1 atom stereocenters. The summed E-state index contributed by atoms with van der Waals surface area (Å²) in [5.41, 5.74) is 0.504. The summed E-state index contributed by atoms with van der Waals surface area (Å²) >= 11 is 0. The van der Waals surface area contributed by atoms with Crippen molar-refractivity contribution in [2.45, 2.75) is 25.3 Å². The maximum Gasteiger partial charge on any atom is 0.268 e. The van der Waals surface area contributed by atoms with Gasteiger partial charge in [0, 0.05) is 12.6 Å². The van der Waals surface area contributed by atoms with Gasteiger partial charge in [-0.25, -0.2) is 0 Å². The van der Waals surface area contributed by atoms with Gasteiger partial charge in [-0.1, -0.05) is 0 Å². The van der Waals surface area contributed by atoms with Crippen molar-refractivity contribution < 1.29 is 9.59 Å². The van der Waals surface area contributed by atoms with Crippen LogP contribution in [0.4, 0.5) is 0 Å². The third-order valence-electron chi connectivity index (χ3n) is 2.45. The van der Waals surface area contributed by atoms with Gasteiger partial charge < -0.3 is 10.3 Å². The fraction of sp³-hybridized carbons (Fsp3) is 0.400. The molecular weight excluding hydrogens is 180 g/mol. The number of nitrogens with one attached hydrogen (secondary N) is 2. The van der Waals surface area contributed by atoms with Gasteiger partial charge in [-0.2, -0.15) is 0 Å². The first-order valence-electron chi connectivity index (χ1n) is 4.74. The van der Waals surface area contributed by atoms with E-state index < -0.39 is 0 Å². The van der Waals surface area contributed by atoms with Gasteiger partial charge in [-0.05, 0) is 25.0 Å². The highest BCUT2D eigenvalue weighted by Gasteiger charge is 2.26. The number of aromatic nitrogens is 1. The number of H-pyrrole nitrogens is 1. The second-order valence-corrected chi connectivity index (χ2v) is 3.47. The fourth-order valence-electron chi connectivity index (χ4n) is 1.68. The van der Waals surface area contributed by atoms with E-state index in [1.165, 1.54) is 0 Å². The second-order valence-electron chi connectivity index (χ2n) is 3.47. The molecule has 1 heterocycles. The SMILES string of the molecule is O=C(NC1CCCC1=O)c1ccc[nH]1. The van der Waals surface area contributed by atoms with Crippen molar-refractivity contribution in [3.8, 4) is 0 Å². The Kier molecular flexibility index (Phi) is 2.35. The minimum absolute atomic E-state index is 0.143. The highest BCUT2D eigenvalue weighted by molar-refractivity contribution is 5.97. The summed E-state index contributed by atoms with van der Waals surface area (Å²) in [6.07, 6.45) is 3.93. The molecule has 1 amide bonds. The summed E-state index contributed by atoms with van der Waals surface area (Å²) in [6, 6.07) is 3.17. The Balaban J connectivity index is 1.98. The van der Waals surface area contributed by atoms with Crippen molar-refractivity contribution in [1.82, 2.24) is 10.3 Å². The van der Waals surface area contributed by atoms with E-state index in [2.05, 4.69) is 10.3 Å². The zero-order valence-corrected chi connectivity index (χ0v) is 7.75. The Morgan fingerprint density at radius 3 is 3.00 bits per heavy atom. The van der Waals surface area contributed by atoms with Crippen LogP contribution in [0.15, 0.2) is 18.3 Å². The summed E-state index contributed by atoms with van der Waals surface area (Å²) in [5, 5.41) is 2.71. The Hall–Kier alpha value is -1.58. The normalized spacial score (nSPS) is 21.1. The average Bonchev–Trinajstić information content (AvgIpc) is 2.77. The van der Waals surface area contributed by atoms with Gasteiger partial charge in [0.1, 0.15) is 5.69 Å². The van der Waals surface area contributed by atoms with Crippen LogP contribution in [0, 0.1) is 0 Å². The van der Waals surface area contributed by atoms with Crippen LogP contribution < -0.4 is 5.32 Å². The molecule has 0 bridgehead atoms. The van der Waals surface area contributed by atoms with Gasteiger partial charge in [0.05, 0.1) is 6.04 Å². The number of hydrogen-bond acceptors (Lipinski definition) is 2. The molecule has 4 nitrogen and oxygen atoms in total. The molecule has 1 aromatic heterocycles. The molecule has 4 heteroatoms. The van der Waals surface area contributed by atoms with Crippen LogP contribution >= 0.6 is 0 Å². The number of rotatable bonds is 2. The molecule has 1 unspecified atom stereocenters. The van der Waals surface area contributed by atoms with Crippen molar-refractivity contribution in [1.29, 1.82) is 0 Å². The molecular formula is C10H12N2O2. The molecule has 2 N–H and O–H groups in total. The van der Waals surface area contributed by atoms with Gasteiger partial charge in [-0.3, -0.25) is 9.59 Å². The van der Waals surface area contributed by atoms with Crippen LogP contribution in [-0.2, 0) is 4.79 Å². The summed E-state index contributed by atoms with van der Waals surface area (Å²) < 4.78 is 0. The molecule has 1 aliphatic rings. The van der Waals surface area contributed by atoms with Crippen molar-refractivity contribution in [2.24, 2.45) is 0 Å². The van der Waals surface area contributed by atoms with Crippen LogP contribution in [0.2, 0.25) is 0 Å². The Morgan fingerprint density at radius 2 is 2.43 bits per heavy atom. The number of amides is 1. The number of ketones is 1. The highest BCUT2D eigenvalue weighted by Crippen LogP contribution is 2.14. The van der Waals surface area contributed by atoms with Crippen molar-refractivity contribution in [3.63, 3.8) is 0 Å². The Bertz CT molecular complexity index is 343. The lowest BCUT2D eigenvalue weighted by Crippen LogP contribution is -2.37. The van der Waals surface area contributed by atoms with Gasteiger partial charge in [0.2, 0.25) is 0 Å². The maximum atomic E-state index is 11.5. The van der Waals surface area contributed by atoms with Gasteiger partial charge in [0.15, 0.2) is 5.78 Å². The van der Waals surface area contributed by atoms with Crippen molar-refractivity contribution >= 4 is 11.7 Å². The van der Waals surface area contributed by atoms with Crippen molar-refractivity contribution in [2.75, 3.05) is 0 Å². The maximum absolute atomic E-state index is 11.5. The topological polar surface area (TPSA) is 62.0 Å². The molecule has 0 radical (unpaired) electrons. The first-order valence-corrected chi connectivity index (χ1v) is 4.74. The largest absolute Gasteiger partial charge is 0.357 e. The number of Topliss-reactive ketones (excluding diaryl/α,β-unsaturated/α-hetero) is 1. The molecule has 0 saturated heterocycles. The molecule has 0 spiro atoms. The van der Waals surface area contributed by atoms with Crippen LogP contribution in [-0.4, -0.2) is 22.7 Å². The standard InChI is InChI=1S/C10H12N2O2/c13-9-5-1-3-7(9)12-10(14)8-4-2-6-11-8/h2,4,6-7,11H,1,3,5H2,(H,12,14). The van der Waals surface area contributed by atoms with E-state index in [0.717, 1.165) is 12.8 Å².